The highest BCUT2D eigenvalue weighted by Crippen LogP contribution is 2.19. The molecule has 0 bridgehead atoms. The summed E-state index contributed by atoms with van der Waals surface area (Å²) in [6, 6.07) is 8.58. The summed E-state index contributed by atoms with van der Waals surface area (Å²) in [6.45, 7) is 5.36. The van der Waals surface area contributed by atoms with E-state index in [1.807, 2.05) is 12.1 Å². The van der Waals surface area contributed by atoms with Crippen LogP contribution in [-0.2, 0) is 6.54 Å². The molecule has 1 aliphatic rings. The van der Waals surface area contributed by atoms with Crippen molar-refractivity contribution in [2.24, 2.45) is 11.7 Å². The lowest BCUT2D eigenvalue weighted by Gasteiger charge is -2.35. The Morgan fingerprint density at radius 2 is 2.29 bits per heavy atom. The van der Waals surface area contributed by atoms with Gasteiger partial charge in [0.25, 0.3) is 0 Å². The van der Waals surface area contributed by atoms with E-state index in [0.717, 1.165) is 25.4 Å². The highest BCUT2D eigenvalue weighted by molar-refractivity contribution is 5.28. The van der Waals surface area contributed by atoms with Gasteiger partial charge >= 0.3 is 0 Å². The molecule has 1 heterocycles. The van der Waals surface area contributed by atoms with Crippen LogP contribution in [-0.4, -0.2) is 31.1 Å². The summed E-state index contributed by atoms with van der Waals surface area (Å²) in [5.41, 5.74) is 7.41. The minimum atomic E-state index is 0.314. The zero-order valence-corrected chi connectivity index (χ0v) is 10.7. The second-order valence-electron chi connectivity index (χ2n) is 5.02. The van der Waals surface area contributed by atoms with Gasteiger partial charge in [-0.15, -0.1) is 0 Å². The van der Waals surface area contributed by atoms with Crippen molar-refractivity contribution in [3.63, 3.8) is 0 Å². The summed E-state index contributed by atoms with van der Waals surface area (Å²) in [6.07, 6.45) is 1.20. The van der Waals surface area contributed by atoms with Crippen LogP contribution in [0.5, 0.6) is 5.75 Å². The van der Waals surface area contributed by atoms with E-state index in [4.69, 9.17) is 10.5 Å². The molecule has 3 nitrogen and oxygen atoms in total. The molecule has 0 saturated carbocycles. The van der Waals surface area contributed by atoms with E-state index in [-0.39, 0.29) is 0 Å². The highest BCUT2D eigenvalue weighted by atomic mass is 16.5. The Kier molecular flexibility index (Phi) is 4.02. The van der Waals surface area contributed by atoms with Crippen LogP contribution in [0.2, 0.25) is 0 Å². The number of hydrogen-bond donors (Lipinski definition) is 1. The topological polar surface area (TPSA) is 38.5 Å². The first kappa shape index (κ1) is 12.4. The summed E-state index contributed by atoms with van der Waals surface area (Å²) in [7, 11) is 1.71. The molecule has 2 rings (SSSR count). The SMILES string of the molecule is COc1cccc(CN2CCC(C)C(N)C2)c1. The molecular formula is C14H22N2O. The molecule has 3 heteroatoms. The molecule has 0 aliphatic carbocycles. The van der Waals surface area contributed by atoms with Crippen LogP contribution in [0.15, 0.2) is 24.3 Å². The number of likely N-dealkylation sites (tertiary alicyclic amines) is 1. The van der Waals surface area contributed by atoms with Crippen LogP contribution in [0.3, 0.4) is 0 Å². The predicted molar refractivity (Wildman–Crippen MR) is 70.0 cm³/mol. The van der Waals surface area contributed by atoms with Crippen molar-refractivity contribution in [2.75, 3.05) is 20.2 Å². The monoisotopic (exact) mass is 234 g/mol. The molecule has 0 spiro atoms. The second kappa shape index (κ2) is 5.52. The number of ether oxygens (including phenoxy) is 1. The largest absolute Gasteiger partial charge is 0.497 e. The van der Waals surface area contributed by atoms with Gasteiger partial charge in [0.1, 0.15) is 5.75 Å². The Bertz CT molecular complexity index is 367. The molecule has 2 unspecified atom stereocenters. The van der Waals surface area contributed by atoms with Crippen LogP contribution < -0.4 is 10.5 Å². The molecule has 1 fully saturated rings. The maximum Gasteiger partial charge on any atom is 0.119 e. The summed E-state index contributed by atoms with van der Waals surface area (Å²) >= 11 is 0. The quantitative estimate of drug-likeness (QED) is 0.867. The van der Waals surface area contributed by atoms with E-state index in [9.17, 15) is 0 Å². The number of nitrogens with two attached hydrogens (primary N) is 1. The van der Waals surface area contributed by atoms with Crippen molar-refractivity contribution in [3.05, 3.63) is 29.8 Å². The predicted octanol–water partition coefficient (Wildman–Crippen LogP) is 1.86. The zero-order valence-electron chi connectivity index (χ0n) is 10.7. The molecule has 1 aliphatic heterocycles. The summed E-state index contributed by atoms with van der Waals surface area (Å²) in [5.74, 6) is 1.58. The summed E-state index contributed by atoms with van der Waals surface area (Å²) in [4.78, 5) is 2.43. The fourth-order valence-corrected chi connectivity index (χ4v) is 2.34. The normalized spacial score (nSPS) is 25.8. The molecule has 0 radical (unpaired) electrons. The van der Waals surface area contributed by atoms with Gasteiger partial charge in [-0.3, -0.25) is 4.90 Å². The first-order valence-corrected chi connectivity index (χ1v) is 6.30. The van der Waals surface area contributed by atoms with Gasteiger partial charge in [-0.05, 0) is 36.6 Å². The Balaban J connectivity index is 1.96. The lowest BCUT2D eigenvalue weighted by atomic mass is 9.94. The van der Waals surface area contributed by atoms with E-state index in [1.165, 1.54) is 12.0 Å². The van der Waals surface area contributed by atoms with E-state index in [2.05, 4.69) is 24.0 Å². The Hall–Kier alpha value is -1.06. The van der Waals surface area contributed by atoms with Crippen molar-refractivity contribution in [1.29, 1.82) is 0 Å². The summed E-state index contributed by atoms with van der Waals surface area (Å²) < 4.78 is 5.24. The number of benzene rings is 1. The van der Waals surface area contributed by atoms with Crippen LogP contribution in [0, 0.1) is 5.92 Å². The van der Waals surface area contributed by atoms with Gasteiger partial charge in [-0.2, -0.15) is 0 Å². The fraction of sp³-hybridized carbons (Fsp3) is 0.571. The Labute approximate surface area is 104 Å². The molecule has 1 aromatic carbocycles. The van der Waals surface area contributed by atoms with Crippen molar-refractivity contribution in [1.82, 2.24) is 4.90 Å². The molecule has 2 atom stereocenters. The smallest absolute Gasteiger partial charge is 0.119 e. The molecule has 2 N–H and O–H groups in total. The molecule has 1 aromatic rings. The first-order valence-electron chi connectivity index (χ1n) is 6.30. The van der Waals surface area contributed by atoms with Gasteiger partial charge in [-0.1, -0.05) is 19.1 Å². The Morgan fingerprint density at radius 3 is 3.00 bits per heavy atom. The number of methoxy groups -OCH3 is 1. The van der Waals surface area contributed by atoms with Crippen LogP contribution in [0.25, 0.3) is 0 Å². The second-order valence-corrected chi connectivity index (χ2v) is 5.02. The molecule has 94 valence electrons. The van der Waals surface area contributed by atoms with E-state index in [0.29, 0.717) is 12.0 Å². The average Bonchev–Trinajstić information content (AvgIpc) is 2.34. The molecule has 0 aromatic heterocycles. The molecule has 17 heavy (non-hydrogen) atoms. The maximum absolute atomic E-state index is 6.11. The number of piperidine rings is 1. The van der Waals surface area contributed by atoms with Crippen LogP contribution in [0.1, 0.15) is 18.9 Å². The van der Waals surface area contributed by atoms with Crippen molar-refractivity contribution < 1.29 is 4.74 Å². The standard InChI is InChI=1S/C14H22N2O/c1-11-6-7-16(10-14(11)15)9-12-4-3-5-13(8-12)17-2/h3-5,8,11,14H,6-7,9-10,15H2,1-2H3. The molecule has 1 saturated heterocycles. The van der Waals surface area contributed by atoms with Crippen LogP contribution >= 0.6 is 0 Å². The lowest BCUT2D eigenvalue weighted by Crippen LogP contribution is -2.47. The van der Waals surface area contributed by atoms with Crippen LogP contribution in [0.4, 0.5) is 0 Å². The third-order valence-electron chi connectivity index (χ3n) is 3.64. The van der Waals surface area contributed by atoms with Gasteiger partial charge in [0.2, 0.25) is 0 Å². The van der Waals surface area contributed by atoms with Gasteiger partial charge in [-0.25, -0.2) is 0 Å². The third-order valence-corrected chi connectivity index (χ3v) is 3.64. The van der Waals surface area contributed by atoms with E-state index in [1.54, 1.807) is 7.11 Å². The minimum Gasteiger partial charge on any atom is -0.497 e. The van der Waals surface area contributed by atoms with Gasteiger partial charge in [0, 0.05) is 19.1 Å². The number of hydrogen-bond acceptors (Lipinski definition) is 3. The highest BCUT2D eigenvalue weighted by Gasteiger charge is 2.22. The van der Waals surface area contributed by atoms with Gasteiger partial charge < -0.3 is 10.5 Å². The summed E-state index contributed by atoms with van der Waals surface area (Å²) in [5, 5.41) is 0. The zero-order chi connectivity index (χ0) is 12.3. The number of nitrogens with zero attached hydrogens (tertiary/aromatic N) is 1. The average molecular weight is 234 g/mol. The van der Waals surface area contributed by atoms with E-state index >= 15 is 0 Å². The van der Waals surface area contributed by atoms with Crippen molar-refractivity contribution in [2.45, 2.75) is 25.9 Å². The first-order chi connectivity index (χ1) is 8.19. The van der Waals surface area contributed by atoms with E-state index < -0.39 is 0 Å². The van der Waals surface area contributed by atoms with Crippen molar-refractivity contribution in [3.8, 4) is 5.75 Å². The molecule has 0 amide bonds. The number of rotatable bonds is 3. The lowest BCUT2D eigenvalue weighted by molar-refractivity contribution is 0.162. The maximum atomic E-state index is 6.11. The minimum absolute atomic E-state index is 0.314. The molecular weight excluding hydrogens is 212 g/mol. The third kappa shape index (κ3) is 3.20. The Morgan fingerprint density at radius 1 is 1.47 bits per heavy atom. The fourth-order valence-electron chi connectivity index (χ4n) is 2.34. The van der Waals surface area contributed by atoms with Crippen molar-refractivity contribution >= 4 is 0 Å². The van der Waals surface area contributed by atoms with Gasteiger partial charge in [0.05, 0.1) is 7.11 Å². The van der Waals surface area contributed by atoms with Gasteiger partial charge in [0.15, 0.2) is 0 Å².